The van der Waals surface area contributed by atoms with Crippen LogP contribution in [0.25, 0.3) is 0 Å². The summed E-state index contributed by atoms with van der Waals surface area (Å²) in [6.45, 7) is 6.98. The highest BCUT2D eigenvalue weighted by atomic mass is 15.2. The van der Waals surface area contributed by atoms with Crippen LogP contribution < -0.4 is 5.32 Å². The van der Waals surface area contributed by atoms with Crippen LogP contribution in [0.2, 0.25) is 0 Å². The van der Waals surface area contributed by atoms with Crippen molar-refractivity contribution >= 4 is 0 Å². The second kappa shape index (κ2) is 7.38. The van der Waals surface area contributed by atoms with Gasteiger partial charge in [0.05, 0.1) is 0 Å². The molecule has 1 saturated carbocycles. The molecule has 0 aromatic carbocycles. The summed E-state index contributed by atoms with van der Waals surface area (Å²) in [6, 6.07) is 0. The Morgan fingerprint density at radius 3 is 2.12 bits per heavy atom. The first-order valence-corrected chi connectivity index (χ1v) is 7.52. The third-order valence-electron chi connectivity index (χ3n) is 4.77. The van der Waals surface area contributed by atoms with Crippen LogP contribution in [-0.4, -0.2) is 37.6 Å². The van der Waals surface area contributed by atoms with Gasteiger partial charge in [0.2, 0.25) is 0 Å². The van der Waals surface area contributed by atoms with Gasteiger partial charge in [0.1, 0.15) is 0 Å². The van der Waals surface area contributed by atoms with Gasteiger partial charge in [-0.1, -0.05) is 46.0 Å². The van der Waals surface area contributed by atoms with E-state index in [1.165, 1.54) is 58.0 Å². The molecule has 0 unspecified atom stereocenters. The molecule has 0 aromatic rings. The maximum atomic E-state index is 3.74. The van der Waals surface area contributed by atoms with Crippen molar-refractivity contribution in [3.63, 3.8) is 0 Å². The molecular weight excluding hydrogens is 208 g/mol. The molecule has 0 saturated heterocycles. The Bertz CT molecular complexity index is 191. The Balaban J connectivity index is 2.39. The Morgan fingerprint density at radius 1 is 1.06 bits per heavy atom. The average Bonchev–Trinajstić information content (AvgIpc) is 2.35. The van der Waals surface area contributed by atoms with Crippen LogP contribution in [0.1, 0.15) is 58.8 Å². The summed E-state index contributed by atoms with van der Waals surface area (Å²) < 4.78 is 0. The van der Waals surface area contributed by atoms with Crippen molar-refractivity contribution in [2.24, 2.45) is 5.92 Å². The summed E-state index contributed by atoms with van der Waals surface area (Å²) >= 11 is 0. The van der Waals surface area contributed by atoms with Crippen LogP contribution in [0.4, 0.5) is 0 Å². The van der Waals surface area contributed by atoms with Crippen LogP contribution in [0.15, 0.2) is 0 Å². The van der Waals surface area contributed by atoms with E-state index in [9.17, 15) is 0 Å². The van der Waals surface area contributed by atoms with Gasteiger partial charge in [0.25, 0.3) is 0 Å². The van der Waals surface area contributed by atoms with Crippen LogP contribution in [0.3, 0.4) is 0 Å². The minimum absolute atomic E-state index is 0.435. The Morgan fingerprint density at radius 2 is 1.65 bits per heavy atom. The van der Waals surface area contributed by atoms with Crippen molar-refractivity contribution in [2.75, 3.05) is 27.2 Å². The lowest BCUT2D eigenvalue weighted by Gasteiger charge is -2.43. The van der Waals surface area contributed by atoms with Gasteiger partial charge in [-0.15, -0.1) is 0 Å². The molecule has 1 fully saturated rings. The lowest BCUT2D eigenvalue weighted by atomic mass is 9.80. The summed E-state index contributed by atoms with van der Waals surface area (Å²) in [6.07, 6.45) is 9.60. The predicted octanol–water partition coefficient (Wildman–Crippen LogP) is 3.28. The zero-order valence-electron chi connectivity index (χ0n) is 12.4. The van der Waals surface area contributed by atoms with E-state index in [1.54, 1.807) is 0 Å². The highest BCUT2D eigenvalue weighted by Crippen LogP contribution is 2.31. The number of hydrogen-bond acceptors (Lipinski definition) is 2. The van der Waals surface area contributed by atoms with Crippen LogP contribution in [0.5, 0.6) is 0 Å². The Labute approximate surface area is 108 Å². The third kappa shape index (κ3) is 4.26. The van der Waals surface area contributed by atoms with Crippen LogP contribution >= 0.6 is 0 Å². The molecule has 1 aliphatic rings. The molecule has 0 aromatic heterocycles. The molecule has 2 heteroatoms. The van der Waals surface area contributed by atoms with E-state index in [0.29, 0.717) is 5.54 Å². The van der Waals surface area contributed by atoms with Crippen molar-refractivity contribution in [2.45, 2.75) is 64.3 Å². The fourth-order valence-electron chi connectivity index (χ4n) is 3.08. The number of nitrogens with zero attached hydrogens (tertiary/aromatic N) is 1. The molecule has 102 valence electrons. The fraction of sp³-hybridized carbons (Fsp3) is 1.00. The van der Waals surface area contributed by atoms with Gasteiger partial charge < -0.3 is 10.2 Å². The van der Waals surface area contributed by atoms with Gasteiger partial charge in [0, 0.05) is 12.1 Å². The molecule has 2 nitrogen and oxygen atoms in total. The van der Waals surface area contributed by atoms with E-state index in [0.717, 1.165) is 5.92 Å². The number of likely N-dealkylation sites (N-methyl/N-ethyl adjacent to an activating group) is 1. The molecule has 0 aliphatic heterocycles. The van der Waals surface area contributed by atoms with Gasteiger partial charge in [-0.05, 0) is 39.4 Å². The lowest BCUT2D eigenvalue weighted by Crippen LogP contribution is -2.53. The largest absolute Gasteiger partial charge is 0.315 e. The molecule has 0 bridgehead atoms. The number of rotatable bonds is 7. The molecule has 1 aliphatic carbocycles. The van der Waals surface area contributed by atoms with E-state index in [2.05, 4.69) is 38.2 Å². The summed E-state index contributed by atoms with van der Waals surface area (Å²) in [7, 11) is 4.51. The van der Waals surface area contributed by atoms with Gasteiger partial charge in [-0.2, -0.15) is 0 Å². The van der Waals surface area contributed by atoms with E-state index in [-0.39, 0.29) is 0 Å². The number of nitrogens with one attached hydrogen (secondary N) is 1. The molecule has 0 atom stereocenters. The quantitative estimate of drug-likeness (QED) is 0.735. The number of hydrogen-bond donors (Lipinski definition) is 1. The third-order valence-corrected chi connectivity index (χ3v) is 4.77. The highest BCUT2D eigenvalue weighted by molar-refractivity contribution is 4.92. The van der Waals surface area contributed by atoms with Gasteiger partial charge in [0.15, 0.2) is 0 Å². The minimum atomic E-state index is 0.435. The van der Waals surface area contributed by atoms with Crippen molar-refractivity contribution in [1.82, 2.24) is 10.2 Å². The van der Waals surface area contributed by atoms with E-state index in [4.69, 9.17) is 0 Å². The van der Waals surface area contributed by atoms with Crippen LogP contribution in [-0.2, 0) is 0 Å². The first-order valence-electron chi connectivity index (χ1n) is 7.52. The summed E-state index contributed by atoms with van der Waals surface area (Å²) in [5.74, 6) is 0.859. The smallest absolute Gasteiger partial charge is 0.0327 e. The topological polar surface area (TPSA) is 15.3 Å². The van der Waals surface area contributed by atoms with Gasteiger partial charge in [-0.25, -0.2) is 0 Å². The van der Waals surface area contributed by atoms with Gasteiger partial charge in [-0.3, -0.25) is 0 Å². The summed E-state index contributed by atoms with van der Waals surface area (Å²) in [5, 5.41) is 3.74. The Kier molecular flexibility index (Phi) is 6.50. The normalized spacial score (nSPS) is 20.1. The average molecular weight is 240 g/mol. The first-order chi connectivity index (χ1) is 8.14. The second-order valence-corrected chi connectivity index (χ2v) is 5.99. The Hall–Kier alpha value is -0.0800. The summed E-state index contributed by atoms with van der Waals surface area (Å²) in [5.41, 5.74) is 0.435. The zero-order chi connectivity index (χ0) is 12.7. The van der Waals surface area contributed by atoms with E-state index in [1.807, 2.05) is 0 Å². The maximum absolute atomic E-state index is 3.74. The lowest BCUT2D eigenvalue weighted by molar-refractivity contribution is 0.0973. The van der Waals surface area contributed by atoms with Crippen molar-refractivity contribution in [3.05, 3.63) is 0 Å². The first kappa shape index (κ1) is 15.0. The van der Waals surface area contributed by atoms with Crippen LogP contribution in [0, 0.1) is 5.92 Å². The monoisotopic (exact) mass is 240 g/mol. The molecule has 0 radical (unpaired) electrons. The molecular formula is C15H32N2. The highest BCUT2D eigenvalue weighted by Gasteiger charge is 2.33. The van der Waals surface area contributed by atoms with Crippen molar-refractivity contribution in [1.29, 1.82) is 0 Å². The zero-order valence-corrected chi connectivity index (χ0v) is 12.4. The second-order valence-electron chi connectivity index (χ2n) is 5.99. The van der Waals surface area contributed by atoms with E-state index < -0.39 is 0 Å². The van der Waals surface area contributed by atoms with Crippen molar-refractivity contribution in [3.8, 4) is 0 Å². The molecule has 0 heterocycles. The molecule has 0 amide bonds. The molecule has 17 heavy (non-hydrogen) atoms. The van der Waals surface area contributed by atoms with Gasteiger partial charge >= 0.3 is 0 Å². The van der Waals surface area contributed by atoms with E-state index >= 15 is 0 Å². The SMILES string of the molecule is CCC(CC)CNCC1(N(C)C)CCCCC1. The molecule has 1 N–H and O–H groups in total. The minimum Gasteiger partial charge on any atom is -0.315 e. The molecule has 0 spiro atoms. The maximum Gasteiger partial charge on any atom is 0.0327 e. The summed E-state index contributed by atoms with van der Waals surface area (Å²) in [4.78, 5) is 2.46. The predicted molar refractivity (Wildman–Crippen MR) is 76.4 cm³/mol. The van der Waals surface area contributed by atoms with Crippen molar-refractivity contribution < 1.29 is 0 Å². The molecule has 1 rings (SSSR count). The fourth-order valence-corrected chi connectivity index (χ4v) is 3.08. The standard InChI is InChI=1S/C15H32N2/c1-5-14(6-2)12-16-13-15(17(3)4)10-8-7-9-11-15/h14,16H,5-13H2,1-4H3.